The molecule has 0 atom stereocenters. The standard InChI is InChI=1S/C17H15NO.C2HF3O2/c1-12-7-8-16-14(9-12)11-17(19-16)15(18)10-13-5-3-2-4-6-13;3-2(4,5)1(6)7/h2-11H,18H2,1H3;(H,6,7). The van der Waals surface area contributed by atoms with Gasteiger partial charge in [0.15, 0.2) is 5.76 Å². The van der Waals surface area contributed by atoms with Crippen LogP contribution in [-0.4, -0.2) is 17.3 Å². The predicted octanol–water partition coefficient (Wildman–Crippen LogP) is 4.83. The van der Waals surface area contributed by atoms with Gasteiger partial charge in [-0.1, -0.05) is 42.0 Å². The molecule has 0 radical (unpaired) electrons. The minimum atomic E-state index is -5.08. The van der Waals surface area contributed by atoms with E-state index < -0.39 is 12.1 Å². The third kappa shape index (κ3) is 5.14. The number of fused-ring (bicyclic) bond motifs is 1. The van der Waals surface area contributed by atoms with Crippen molar-refractivity contribution in [2.45, 2.75) is 13.1 Å². The van der Waals surface area contributed by atoms with E-state index in [1.807, 2.05) is 54.6 Å². The van der Waals surface area contributed by atoms with Crippen LogP contribution in [0.2, 0.25) is 0 Å². The van der Waals surface area contributed by atoms with E-state index >= 15 is 0 Å². The third-order valence-corrected chi connectivity index (χ3v) is 3.32. The zero-order valence-corrected chi connectivity index (χ0v) is 13.7. The van der Waals surface area contributed by atoms with Gasteiger partial charge in [0.1, 0.15) is 5.58 Å². The molecule has 7 heteroatoms. The lowest BCUT2D eigenvalue weighted by Gasteiger charge is -1.97. The van der Waals surface area contributed by atoms with Crippen molar-refractivity contribution in [3.8, 4) is 0 Å². The number of halogens is 3. The molecule has 3 aromatic rings. The summed E-state index contributed by atoms with van der Waals surface area (Å²) in [6, 6.07) is 18.1. The predicted molar refractivity (Wildman–Crippen MR) is 93.1 cm³/mol. The normalized spacial score (nSPS) is 11.8. The fraction of sp³-hybridized carbons (Fsp3) is 0.105. The van der Waals surface area contributed by atoms with Crippen LogP contribution in [0.5, 0.6) is 0 Å². The van der Waals surface area contributed by atoms with Crippen LogP contribution in [0.4, 0.5) is 13.2 Å². The summed E-state index contributed by atoms with van der Waals surface area (Å²) in [4.78, 5) is 8.90. The first-order valence-electron chi connectivity index (χ1n) is 7.50. The van der Waals surface area contributed by atoms with Crippen LogP contribution in [0.3, 0.4) is 0 Å². The second-order valence-electron chi connectivity index (χ2n) is 5.47. The van der Waals surface area contributed by atoms with E-state index in [-0.39, 0.29) is 0 Å². The van der Waals surface area contributed by atoms with Crippen molar-refractivity contribution < 1.29 is 27.5 Å². The molecule has 0 saturated carbocycles. The lowest BCUT2D eigenvalue weighted by Crippen LogP contribution is -2.21. The van der Waals surface area contributed by atoms with Crippen molar-refractivity contribution in [3.63, 3.8) is 0 Å². The number of hydrogen-bond donors (Lipinski definition) is 2. The first-order valence-corrected chi connectivity index (χ1v) is 7.50. The van der Waals surface area contributed by atoms with E-state index in [1.165, 1.54) is 5.56 Å². The highest BCUT2D eigenvalue weighted by atomic mass is 19.4. The van der Waals surface area contributed by atoms with Gasteiger partial charge in [0.05, 0.1) is 5.70 Å². The van der Waals surface area contributed by atoms with E-state index in [0.29, 0.717) is 11.5 Å². The zero-order chi connectivity index (χ0) is 19.3. The molecule has 0 amide bonds. The highest BCUT2D eigenvalue weighted by molar-refractivity contribution is 5.85. The van der Waals surface area contributed by atoms with Crippen molar-refractivity contribution in [2.24, 2.45) is 5.73 Å². The lowest BCUT2D eigenvalue weighted by molar-refractivity contribution is -0.192. The average molecular weight is 363 g/mol. The molecule has 3 N–H and O–H groups in total. The van der Waals surface area contributed by atoms with Gasteiger partial charge >= 0.3 is 12.1 Å². The van der Waals surface area contributed by atoms with E-state index in [4.69, 9.17) is 20.1 Å². The number of nitrogens with two attached hydrogens (primary N) is 1. The van der Waals surface area contributed by atoms with Gasteiger partial charge in [-0.25, -0.2) is 4.79 Å². The highest BCUT2D eigenvalue weighted by Gasteiger charge is 2.38. The molecule has 4 nitrogen and oxygen atoms in total. The summed E-state index contributed by atoms with van der Waals surface area (Å²) >= 11 is 0. The number of carbonyl (C=O) groups is 1. The van der Waals surface area contributed by atoms with Gasteiger partial charge in [0.2, 0.25) is 0 Å². The SMILES string of the molecule is Cc1ccc2oc(C(N)=Cc3ccccc3)cc2c1.O=C(O)C(F)(F)F. The fourth-order valence-corrected chi connectivity index (χ4v) is 2.10. The maximum atomic E-state index is 10.6. The van der Waals surface area contributed by atoms with Gasteiger partial charge in [-0.05, 0) is 36.8 Å². The number of aryl methyl sites for hydroxylation is 1. The van der Waals surface area contributed by atoms with Crippen molar-refractivity contribution in [2.75, 3.05) is 0 Å². The Labute approximate surface area is 147 Å². The smallest absolute Gasteiger partial charge is 0.475 e. The van der Waals surface area contributed by atoms with Gasteiger partial charge in [0, 0.05) is 5.39 Å². The minimum Gasteiger partial charge on any atom is -0.475 e. The van der Waals surface area contributed by atoms with Gasteiger partial charge in [-0.15, -0.1) is 0 Å². The Morgan fingerprint density at radius 2 is 1.73 bits per heavy atom. The largest absolute Gasteiger partial charge is 0.490 e. The summed E-state index contributed by atoms with van der Waals surface area (Å²) in [6.07, 6.45) is -3.16. The van der Waals surface area contributed by atoms with Crippen LogP contribution in [0.1, 0.15) is 16.9 Å². The molecule has 26 heavy (non-hydrogen) atoms. The zero-order valence-electron chi connectivity index (χ0n) is 13.7. The van der Waals surface area contributed by atoms with Crippen LogP contribution >= 0.6 is 0 Å². The minimum absolute atomic E-state index is 0.639. The molecule has 0 saturated heterocycles. The van der Waals surface area contributed by atoms with E-state index in [1.54, 1.807) is 0 Å². The maximum absolute atomic E-state index is 10.6. The number of benzene rings is 2. The van der Waals surface area contributed by atoms with Crippen molar-refractivity contribution in [1.82, 2.24) is 0 Å². The molecule has 0 fully saturated rings. The number of carboxylic acids is 1. The second kappa shape index (κ2) is 7.77. The lowest BCUT2D eigenvalue weighted by atomic mass is 10.1. The number of rotatable bonds is 2. The monoisotopic (exact) mass is 363 g/mol. The number of aliphatic carboxylic acids is 1. The van der Waals surface area contributed by atoms with Crippen molar-refractivity contribution >= 4 is 28.7 Å². The van der Waals surface area contributed by atoms with E-state index in [9.17, 15) is 13.2 Å². The van der Waals surface area contributed by atoms with Gasteiger partial charge in [0.25, 0.3) is 0 Å². The fourth-order valence-electron chi connectivity index (χ4n) is 2.10. The highest BCUT2D eigenvalue weighted by Crippen LogP contribution is 2.24. The molecule has 1 aromatic heterocycles. The number of alkyl halides is 3. The summed E-state index contributed by atoms with van der Waals surface area (Å²) in [5.41, 5.74) is 9.88. The molecular weight excluding hydrogens is 347 g/mol. The topological polar surface area (TPSA) is 76.5 Å². The Bertz CT molecular complexity index is 928. The Hall–Kier alpha value is -3.22. The molecule has 0 aliphatic heterocycles. The molecule has 0 aliphatic carbocycles. The van der Waals surface area contributed by atoms with Crippen molar-refractivity contribution in [1.29, 1.82) is 0 Å². The summed E-state index contributed by atoms with van der Waals surface area (Å²) in [6.45, 7) is 2.06. The molecule has 0 bridgehead atoms. The Morgan fingerprint density at radius 1 is 1.12 bits per heavy atom. The van der Waals surface area contributed by atoms with Crippen LogP contribution in [0, 0.1) is 6.92 Å². The average Bonchev–Trinajstić information content (AvgIpc) is 2.98. The van der Waals surface area contributed by atoms with Gasteiger partial charge in [-0.3, -0.25) is 0 Å². The number of hydrogen-bond acceptors (Lipinski definition) is 3. The van der Waals surface area contributed by atoms with E-state index in [0.717, 1.165) is 16.5 Å². The Kier molecular flexibility index (Phi) is 5.71. The first-order chi connectivity index (χ1) is 12.2. The molecule has 0 aliphatic rings. The number of furan rings is 1. The van der Waals surface area contributed by atoms with Crippen LogP contribution in [0.15, 0.2) is 59.0 Å². The maximum Gasteiger partial charge on any atom is 0.490 e. The summed E-state index contributed by atoms with van der Waals surface area (Å²) in [5.74, 6) is -2.04. The van der Waals surface area contributed by atoms with Crippen LogP contribution in [-0.2, 0) is 4.79 Å². The summed E-state index contributed by atoms with van der Waals surface area (Å²) in [5, 5.41) is 8.21. The molecular formula is C19H16F3NO3. The summed E-state index contributed by atoms with van der Waals surface area (Å²) in [7, 11) is 0. The van der Waals surface area contributed by atoms with Crippen LogP contribution < -0.4 is 5.73 Å². The number of carboxylic acid groups (broad SMARTS) is 1. The quantitative estimate of drug-likeness (QED) is 0.684. The molecule has 0 unspecified atom stereocenters. The van der Waals surface area contributed by atoms with E-state index in [2.05, 4.69) is 13.0 Å². The molecule has 0 spiro atoms. The Morgan fingerprint density at radius 3 is 2.31 bits per heavy atom. The van der Waals surface area contributed by atoms with Gasteiger partial charge in [-0.2, -0.15) is 13.2 Å². The first kappa shape index (κ1) is 19.1. The molecule has 136 valence electrons. The molecule has 2 aromatic carbocycles. The molecule has 1 heterocycles. The molecule has 3 rings (SSSR count). The second-order valence-corrected chi connectivity index (χ2v) is 5.47. The van der Waals surface area contributed by atoms with Gasteiger partial charge < -0.3 is 15.3 Å². The Balaban J connectivity index is 0.000000298. The summed E-state index contributed by atoms with van der Waals surface area (Å²) < 4.78 is 37.5. The van der Waals surface area contributed by atoms with Crippen molar-refractivity contribution in [3.05, 3.63) is 71.5 Å². The third-order valence-electron chi connectivity index (χ3n) is 3.32. The van der Waals surface area contributed by atoms with Crippen LogP contribution in [0.25, 0.3) is 22.7 Å².